The minimum absolute atomic E-state index is 0.148. The maximum atomic E-state index is 15.2. The van der Waals surface area contributed by atoms with Crippen LogP contribution in [0.1, 0.15) is 12.8 Å². The van der Waals surface area contributed by atoms with Crippen molar-refractivity contribution in [3.05, 3.63) is 101 Å². The molecular weight excluding hydrogens is 545 g/mol. The zero-order valence-corrected chi connectivity index (χ0v) is 18.6. The SMILES string of the molecule is Fc1c(F)c(F)[c]([Zr]([C]2=CC=CC2)([C]2=CC=CC2)[c]2c(F)c(F)c(F)c(F)c2F)c(F)c1F. The first kappa shape index (κ1) is 23.7. The number of allylic oxidation sites excluding steroid dienone is 8. The van der Waals surface area contributed by atoms with Gasteiger partial charge < -0.3 is 0 Å². The first-order valence-corrected chi connectivity index (χ1v) is 14.2. The molecule has 172 valence electrons. The summed E-state index contributed by atoms with van der Waals surface area (Å²) < 4.78 is 142. The molecule has 0 aliphatic heterocycles. The van der Waals surface area contributed by atoms with Crippen molar-refractivity contribution in [1.82, 2.24) is 0 Å². The van der Waals surface area contributed by atoms with Crippen LogP contribution in [0.5, 0.6) is 0 Å². The van der Waals surface area contributed by atoms with Crippen LogP contribution in [0.2, 0.25) is 0 Å². The van der Waals surface area contributed by atoms with Gasteiger partial charge in [0.1, 0.15) is 0 Å². The molecule has 2 aromatic rings. The van der Waals surface area contributed by atoms with Gasteiger partial charge in [-0.2, -0.15) is 0 Å². The summed E-state index contributed by atoms with van der Waals surface area (Å²) in [6.45, 7) is 0. The van der Waals surface area contributed by atoms with Gasteiger partial charge >= 0.3 is 185 Å². The van der Waals surface area contributed by atoms with Crippen LogP contribution in [0.3, 0.4) is 0 Å². The number of hydrogen-bond acceptors (Lipinski definition) is 0. The quantitative estimate of drug-likeness (QED) is 0.252. The van der Waals surface area contributed by atoms with Gasteiger partial charge in [0.15, 0.2) is 0 Å². The molecule has 0 heterocycles. The van der Waals surface area contributed by atoms with Gasteiger partial charge in [-0.25, -0.2) is 0 Å². The summed E-state index contributed by atoms with van der Waals surface area (Å²) in [5.74, 6) is -24.0. The Balaban J connectivity index is 2.31. The Bertz CT molecular complexity index is 1160. The first-order chi connectivity index (χ1) is 15.6. The van der Waals surface area contributed by atoms with Crippen molar-refractivity contribution in [1.29, 1.82) is 0 Å². The van der Waals surface area contributed by atoms with Crippen molar-refractivity contribution >= 4 is 6.54 Å². The van der Waals surface area contributed by atoms with Crippen molar-refractivity contribution in [2.75, 3.05) is 0 Å². The fourth-order valence-corrected chi connectivity index (χ4v) is 17.2. The van der Waals surface area contributed by atoms with Crippen molar-refractivity contribution in [2.24, 2.45) is 0 Å². The van der Waals surface area contributed by atoms with E-state index in [1.54, 1.807) is 0 Å². The molecule has 11 heteroatoms. The van der Waals surface area contributed by atoms with E-state index < -0.39 is 85.0 Å². The number of halogens is 10. The second-order valence-electron chi connectivity index (χ2n) is 7.29. The van der Waals surface area contributed by atoms with Crippen molar-refractivity contribution in [3.63, 3.8) is 0 Å². The summed E-state index contributed by atoms with van der Waals surface area (Å²) in [5, 5.41) is 0. The van der Waals surface area contributed by atoms with Crippen LogP contribution in [0, 0.1) is 58.2 Å². The molecule has 0 N–H and O–H groups in total. The summed E-state index contributed by atoms with van der Waals surface area (Å²) in [6.07, 6.45) is 7.20. The van der Waals surface area contributed by atoms with Crippen LogP contribution < -0.4 is 6.54 Å². The molecule has 2 aliphatic carbocycles. The van der Waals surface area contributed by atoms with E-state index in [2.05, 4.69) is 0 Å². The number of rotatable bonds is 4. The van der Waals surface area contributed by atoms with Crippen LogP contribution in [0.15, 0.2) is 43.0 Å². The number of benzene rings is 2. The molecule has 0 bridgehead atoms. The van der Waals surface area contributed by atoms with Crippen LogP contribution in [-0.2, 0) is 20.3 Å². The fraction of sp³-hybridized carbons (Fsp3) is 0.0909. The van der Waals surface area contributed by atoms with Gasteiger partial charge in [0.25, 0.3) is 0 Å². The van der Waals surface area contributed by atoms with Gasteiger partial charge in [0.2, 0.25) is 0 Å². The normalized spacial score (nSPS) is 15.5. The maximum absolute atomic E-state index is 15.2. The monoisotopic (exact) mass is 554 g/mol. The molecule has 33 heavy (non-hydrogen) atoms. The molecule has 4 rings (SSSR count). The molecule has 0 saturated carbocycles. The summed E-state index contributed by atoms with van der Waals surface area (Å²) in [5.41, 5.74) is 0. The van der Waals surface area contributed by atoms with Crippen LogP contribution >= 0.6 is 0 Å². The fourth-order valence-electron chi connectivity index (χ4n) is 4.29. The molecule has 0 spiro atoms. The average molecular weight is 556 g/mol. The van der Waals surface area contributed by atoms with Gasteiger partial charge in [-0.15, -0.1) is 0 Å². The molecule has 0 saturated heterocycles. The summed E-state index contributed by atoms with van der Waals surface area (Å²) >= 11 is -6.35. The molecule has 0 nitrogen and oxygen atoms in total. The molecule has 0 radical (unpaired) electrons. The molecule has 2 aliphatic rings. The Morgan fingerprint density at radius 3 is 0.939 bits per heavy atom. The van der Waals surface area contributed by atoms with Crippen molar-refractivity contribution in [2.45, 2.75) is 12.8 Å². The second-order valence-corrected chi connectivity index (χ2v) is 16.6. The summed E-state index contributed by atoms with van der Waals surface area (Å²) in [6, 6.07) is 0. The Kier molecular flexibility index (Phi) is 6.05. The van der Waals surface area contributed by atoms with Crippen molar-refractivity contribution in [3.8, 4) is 0 Å². The summed E-state index contributed by atoms with van der Waals surface area (Å²) in [7, 11) is 0. The molecule has 0 atom stereocenters. The van der Waals surface area contributed by atoms with Gasteiger partial charge in [-0.1, -0.05) is 0 Å². The number of hydrogen-bond donors (Lipinski definition) is 0. The van der Waals surface area contributed by atoms with E-state index in [0.717, 1.165) is 12.2 Å². The minimum atomic E-state index is -6.35. The molecule has 0 aromatic heterocycles. The molecule has 0 unspecified atom stereocenters. The van der Waals surface area contributed by atoms with E-state index in [-0.39, 0.29) is 19.4 Å². The average Bonchev–Trinajstić information content (AvgIpc) is 3.53. The van der Waals surface area contributed by atoms with E-state index in [4.69, 9.17) is 0 Å². The third kappa shape index (κ3) is 3.22. The predicted molar refractivity (Wildman–Crippen MR) is 95.4 cm³/mol. The zero-order chi connectivity index (χ0) is 24.2. The Morgan fingerprint density at radius 1 is 0.424 bits per heavy atom. The van der Waals surface area contributed by atoms with E-state index in [1.807, 2.05) is 0 Å². The topological polar surface area (TPSA) is 0 Å². The van der Waals surface area contributed by atoms with Gasteiger partial charge in [-0.05, 0) is 0 Å². The van der Waals surface area contributed by atoms with E-state index in [9.17, 15) is 26.3 Å². The van der Waals surface area contributed by atoms with Gasteiger partial charge in [0, 0.05) is 0 Å². The Labute approximate surface area is 184 Å². The van der Waals surface area contributed by atoms with E-state index in [0.29, 0.717) is 0 Å². The molecule has 0 amide bonds. The van der Waals surface area contributed by atoms with Crippen LogP contribution in [0.4, 0.5) is 43.9 Å². The van der Waals surface area contributed by atoms with Gasteiger partial charge in [-0.3, -0.25) is 0 Å². The Morgan fingerprint density at radius 2 is 0.697 bits per heavy atom. The third-order valence-electron chi connectivity index (χ3n) is 5.68. The van der Waals surface area contributed by atoms with Crippen LogP contribution in [-0.4, -0.2) is 0 Å². The standard InChI is InChI=1S/2C6F5.2C5H5.Zr/c2*7-2-1-3(8)5(10)6(11)4(2)9;2*1-2-4-5-3-1;/h;;2*1-3H,4H2;. The van der Waals surface area contributed by atoms with Crippen LogP contribution in [0.25, 0.3) is 0 Å². The third-order valence-corrected chi connectivity index (χ3v) is 18.1. The second kappa shape index (κ2) is 8.42. The van der Waals surface area contributed by atoms with E-state index >= 15 is 17.6 Å². The Hall–Kier alpha value is -2.42. The molecular formula is C22H10F10Zr. The van der Waals surface area contributed by atoms with E-state index in [1.165, 1.54) is 24.3 Å². The summed E-state index contributed by atoms with van der Waals surface area (Å²) in [4.78, 5) is 0. The van der Waals surface area contributed by atoms with Gasteiger partial charge in [0.05, 0.1) is 0 Å². The predicted octanol–water partition coefficient (Wildman–Crippen LogP) is 5.87. The molecule has 0 fully saturated rings. The zero-order valence-electron chi connectivity index (χ0n) is 16.2. The van der Waals surface area contributed by atoms with Crippen molar-refractivity contribution < 1.29 is 64.2 Å². The first-order valence-electron chi connectivity index (χ1n) is 9.32. The molecule has 2 aromatic carbocycles.